The molecular weight excluding hydrogens is 1210 g/mol. The van der Waals surface area contributed by atoms with Crippen LogP contribution in [-0.4, -0.2) is 44.9 Å². The third kappa shape index (κ3) is 11.7. The van der Waals surface area contributed by atoms with Crippen molar-refractivity contribution >= 4 is 110 Å². The summed E-state index contributed by atoms with van der Waals surface area (Å²) in [5, 5.41) is 10.5. The van der Waals surface area contributed by atoms with Crippen LogP contribution < -0.4 is 0 Å². The molecule has 5 heterocycles. The molecule has 14 heteroatoms. The molecule has 0 aliphatic carbocycles. The first kappa shape index (κ1) is 56.6. The van der Waals surface area contributed by atoms with Crippen LogP contribution in [-0.2, 0) is 0 Å². The number of fused-ring (bicyclic) bond motifs is 10. The number of nitrogens with zero attached hydrogens (tertiary/aromatic N) is 9. The van der Waals surface area contributed by atoms with Crippen LogP contribution in [0, 0.1) is 0 Å². The van der Waals surface area contributed by atoms with E-state index in [4.69, 9.17) is 44.2 Å². The zero-order chi connectivity index (χ0) is 61.2. The van der Waals surface area contributed by atoms with Crippen molar-refractivity contribution in [2.45, 2.75) is 0 Å². The Morgan fingerprint density at radius 3 is 1.26 bits per heavy atom. The maximum Gasteiger partial charge on any atom is 0.227 e. The van der Waals surface area contributed by atoms with E-state index in [9.17, 15) is 0 Å². The number of halogens is 3. The molecule has 0 saturated heterocycles. The summed E-state index contributed by atoms with van der Waals surface area (Å²) < 4.78 is 8.34. The molecule has 0 unspecified atom stereocenters. The Labute approximate surface area is 540 Å². The maximum absolute atomic E-state index is 6.41. The van der Waals surface area contributed by atoms with Crippen LogP contribution in [0.3, 0.4) is 0 Å². The Bertz CT molecular complexity index is 5460. The highest BCUT2D eigenvalue weighted by atomic mass is 35.5. The molecule has 17 aromatic rings. The van der Waals surface area contributed by atoms with Gasteiger partial charge in [-0.05, 0) is 133 Å². The van der Waals surface area contributed by atoms with Gasteiger partial charge in [0.2, 0.25) is 21.7 Å². The molecule has 0 aliphatic rings. The van der Waals surface area contributed by atoms with E-state index in [-0.39, 0.29) is 15.9 Å². The number of para-hydroxylation sites is 2. The number of hydrogen-bond acceptors (Lipinski definition) is 11. The molecule has 0 radical (unpaired) electrons. The Balaban J connectivity index is 0.000000114. The van der Waals surface area contributed by atoms with Crippen molar-refractivity contribution < 1.29 is 4.42 Å². The normalized spacial score (nSPS) is 11.2. The van der Waals surface area contributed by atoms with Crippen molar-refractivity contribution in [2.75, 3.05) is 0 Å². The lowest BCUT2D eigenvalue weighted by atomic mass is 9.93. The number of rotatable bonds is 8. The summed E-state index contributed by atoms with van der Waals surface area (Å²) in [6.07, 6.45) is 0. The Kier molecular flexibility index (Phi) is 15.5. The zero-order valence-corrected chi connectivity index (χ0v) is 51.1. The molecule has 0 fully saturated rings. The molecule has 5 aromatic heterocycles. The number of aromatic nitrogens is 9. The highest BCUT2D eigenvalue weighted by Crippen LogP contribution is 2.43. The van der Waals surface area contributed by atoms with Gasteiger partial charge in [0.05, 0.1) is 11.4 Å². The average Bonchev–Trinajstić information content (AvgIpc) is 1.13. The van der Waals surface area contributed by atoms with Crippen LogP contribution in [0.5, 0.6) is 0 Å². The number of thiophene rings is 1. The predicted octanol–water partition coefficient (Wildman–Crippen LogP) is 21.5. The topological polar surface area (TPSA) is 129 Å². The standard InChI is InChI=1S/C28H17ClN2S.C27H16ClN3.C22H13ClN4O/c29-28-30-24(19-11-5-2-6-12-19)17-25(31-28)22-16-27-23(20-13-7-8-14-26(20)32-27)15-21(22)18-9-3-1-4-10-18;28-27-30-25(17-8-2-1-3-9-17)29-26(31-27)18-14-15-23-21-12-5-4-10-19(21)20-11-6-7-13-22(20)24(23)16-18;23-22-26-19(14-6-2-1-3-7-14)25-20(27-22)15-10-12-16(13-11-15)21-24-17-8-4-5-9-18(17)28-21/h1-17H;1-16H;1-13H. The monoisotopic (exact) mass is 1250 g/mol. The first-order valence-electron chi connectivity index (χ1n) is 29.2. The maximum atomic E-state index is 6.41. The van der Waals surface area contributed by atoms with Crippen LogP contribution >= 0.6 is 46.1 Å². The molecule has 0 N–H and O–H groups in total. The number of benzene rings is 12. The van der Waals surface area contributed by atoms with Crippen molar-refractivity contribution in [3.63, 3.8) is 0 Å². The van der Waals surface area contributed by atoms with Gasteiger partial charge in [0.25, 0.3) is 0 Å². The van der Waals surface area contributed by atoms with Gasteiger partial charge in [-0.15, -0.1) is 11.3 Å². The summed E-state index contributed by atoms with van der Waals surface area (Å²) in [6.45, 7) is 0. The van der Waals surface area contributed by atoms with Gasteiger partial charge >= 0.3 is 0 Å². The molecule has 432 valence electrons. The quantitative estimate of drug-likeness (QED) is 0.107. The lowest BCUT2D eigenvalue weighted by Crippen LogP contribution is -1.97. The summed E-state index contributed by atoms with van der Waals surface area (Å²) in [5.74, 6) is 2.77. The molecule has 12 aromatic carbocycles. The van der Waals surface area contributed by atoms with E-state index in [1.807, 2.05) is 152 Å². The molecule has 17 rings (SSSR count). The van der Waals surface area contributed by atoms with Gasteiger partial charge in [-0.3, -0.25) is 0 Å². The van der Waals surface area contributed by atoms with E-state index in [0.29, 0.717) is 29.2 Å². The van der Waals surface area contributed by atoms with Crippen molar-refractivity contribution in [2.24, 2.45) is 0 Å². The summed E-state index contributed by atoms with van der Waals surface area (Å²) in [7, 11) is 0. The highest BCUT2D eigenvalue weighted by Gasteiger charge is 2.19. The molecule has 0 bridgehead atoms. The largest absolute Gasteiger partial charge is 0.436 e. The van der Waals surface area contributed by atoms with E-state index < -0.39 is 0 Å². The van der Waals surface area contributed by atoms with Crippen LogP contribution in [0.2, 0.25) is 15.9 Å². The molecule has 0 atom stereocenters. The van der Waals surface area contributed by atoms with Gasteiger partial charge in [-0.2, -0.15) is 19.9 Å². The summed E-state index contributed by atoms with van der Waals surface area (Å²) in [6, 6.07) is 94.0. The fourth-order valence-electron chi connectivity index (χ4n) is 11.3. The minimum absolute atomic E-state index is 0.159. The lowest BCUT2D eigenvalue weighted by molar-refractivity contribution is 0.620. The second kappa shape index (κ2) is 24.9. The first-order chi connectivity index (χ1) is 44.8. The van der Waals surface area contributed by atoms with Crippen molar-refractivity contribution in [1.29, 1.82) is 0 Å². The van der Waals surface area contributed by atoms with Crippen molar-refractivity contribution in [3.8, 4) is 90.6 Å². The second-order valence-corrected chi connectivity index (χ2v) is 23.4. The Hall–Kier alpha value is -10.9. The smallest absolute Gasteiger partial charge is 0.227 e. The Morgan fingerprint density at radius 2 is 0.681 bits per heavy atom. The van der Waals surface area contributed by atoms with Crippen molar-refractivity contribution in [1.82, 2.24) is 44.9 Å². The minimum Gasteiger partial charge on any atom is -0.436 e. The van der Waals surface area contributed by atoms with Gasteiger partial charge in [0, 0.05) is 59.1 Å². The molecule has 0 saturated carbocycles. The molecule has 91 heavy (non-hydrogen) atoms. The predicted molar refractivity (Wildman–Crippen MR) is 373 cm³/mol. The van der Waals surface area contributed by atoms with Gasteiger partial charge in [-0.25, -0.2) is 24.9 Å². The number of oxazole rings is 1. The third-order valence-electron chi connectivity index (χ3n) is 15.6. The Morgan fingerprint density at radius 1 is 0.253 bits per heavy atom. The van der Waals surface area contributed by atoms with E-state index in [0.717, 1.165) is 72.6 Å². The van der Waals surface area contributed by atoms with E-state index in [1.54, 1.807) is 11.3 Å². The van der Waals surface area contributed by atoms with Crippen LogP contribution in [0.15, 0.2) is 283 Å². The van der Waals surface area contributed by atoms with E-state index in [2.05, 4.69) is 167 Å². The third-order valence-corrected chi connectivity index (χ3v) is 17.3. The van der Waals surface area contributed by atoms with E-state index >= 15 is 0 Å². The molecular formula is C77H46Cl3N9OS. The highest BCUT2D eigenvalue weighted by molar-refractivity contribution is 7.25. The van der Waals surface area contributed by atoms with Crippen LogP contribution in [0.1, 0.15) is 0 Å². The zero-order valence-electron chi connectivity index (χ0n) is 48.0. The second-order valence-electron chi connectivity index (χ2n) is 21.3. The molecule has 10 nitrogen and oxygen atoms in total. The van der Waals surface area contributed by atoms with Crippen LogP contribution in [0.4, 0.5) is 0 Å². The van der Waals surface area contributed by atoms with Crippen molar-refractivity contribution in [3.05, 3.63) is 295 Å². The summed E-state index contributed by atoms with van der Waals surface area (Å²) >= 11 is 20.6. The van der Waals surface area contributed by atoms with Gasteiger partial charge < -0.3 is 4.42 Å². The fraction of sp³-hybridized carbons (Fsp3) is 0. The van der Waals surface area contributed by atoms with Gasteiger partial charge in [0.15, 0.2) is 28.9 Å². The lowest BCUT2D eigenvalue weighted by Gasteiger charge is -2.12. The SMILES string of the molecule is Clc1nc(-c2ccccc2)cc(-c2cc3sc4ccccc4c3cc2-c2ccccc2)n1.Clc1nc(-c2ccccc2)nc(-c2ccc(-c3nc4ccccc4o3)cc2)n1.Clc1nc(-c2ccccc2)nc(-c2ccc3c4ccccc4c4ccccc4c3c2)n1. The first-order valence-corrected chi connectivity index (χ1v) is 31.1. The summed E-state index contributed by atoms with van der Waals surface area (Å²) in [5.41, 5.74) is 12.0. The minimum atomic E-state index is 0.159. The molecule has 0 spiro atoms. The fourth-order valence-corrected chi connectivity index (χ4v) is 13.0. The average molecular weight is 1250 g/mol. The van der Waals surface area contributed by atoms with Crippen LogP contribution in [0.25, 0.3) is 154 Å². The molecule has 0 amide bonds. The van der Waals surface area contributed by atoms with E-state index in [1.165, 1.54) is 52.5 Å². The number of hydrogen-bond donors (Lipinski definition) is 0. The van der Waals surface area contributed by atoms with Gasteiger partial charge in [0.1, 0.15) is 5.52 Å². The van der Waals surface area contributed by atoms with Gasteiger partial charge in [-0.1, -0.05) is 224 Å². The molecule has 0 aliphatic heterocycles. The summed E-state index contributed by atoms with van der Waals surface area (Å²) in [4.78, 5) is 40.2.